The maximum absolute atomic E-state index is 12.1. The second-order valence-electron chi connectivity index (χ2n) is 9.22. The maximum Gasteiger partial charge on any atom is 0.310 e. The Morgan fingerprint density at radius 3 is 1.86 bits per heavy atom. The van der Waals surface area contributed by atoms with Gasteiger partial charge in [0.2, 0.25) is 0 Å². The molecular weight excluding hydrogens is 272 g/mol. The van der Waals surface area contributed by atoms with Gasteiger partial charge in [0.1, 0.15) is 0 Å². The SMILES string of the molecule is CCCCCCCC(C)(C)C(C)(C(=O)O)C(C)CC(C)(C)C. The summed E-state index contributed by atoms with van der Waals surface area (Å²) in [5.41, 5.74) is -0.700. The highest BCUT2D eigenvalue weighted by atomic mass is 16.4. The lowest BCUT2D eigenvalue weighted by Crippen LogP contribution is -2.48. The first-order chi connectivity index (χ1) is 9.88. The molecule has 0 saturated carbocycles. The molecule has 0 aliphatic carbocycles. The van der Waals surface area contributed by atoms with Crippen molar-refractivity contribution in [2.75, 3.05) is 0 Å². The average molecular weight is 313 g/mol. The third kappa shape index (κ3) is 5.93. The molecule has 0 radical (unpaired) electrons. The molecule has 0 aromatic carbocycles. The van der Waals surface area contributed by atoms with Gasteiger partial charge in [0, 0.05) is 0 Å². The Morgan fingerprint density at radius 2 is 1.45 bits per heavy atom. The Morgan fingerprint density at radius 1 is 0.955 bits per heavy atom. The van der Waals surface area contributed by atoms with Gasteiger partial charge in [0.05, 0.1) is 5.41 Å². The van der Waals surface area contributed by atoms with E-state index >= 15 is 0 Å². The third-order valence-electron chi connectivity index (χ3n) is 5.66. The lowest BCUT2D eigenvalue weighted by atomic mass is 9.56. The summed E-state index contributed by atoms with van der Waals surface area (Å²) < 4.78 is 0. The lowest BCUT2D eigenvalue weighted by molar-refractivity contribution is -0.162. The van der Waals surface area contributed by atoms with E-state index in [-0.39, 0.29) is 16.7 Å². The Labute approximate surface area is 139 Å². The second-order valence-corrected chi connectivity index (χ2v) is 9.22. The van der Waals surface area contributed by atoms with Crippen molar-refractivity contribution in [1.82, 2.24) is 0 Å². The fraction of sp³-hybridized carbons (Fsp3) is 0.950. The number of carbonyl (C=O) groups is 1. The van der Waals surface area contributed by atoms with Crippen molar-refractivity contribution < 1.29 is 9.90 Å². The van der Waals surface area contributed by atoms with Crippen LogP contribution in [0.25, 0.3) is 0 Å². The summed E-state index contributed by atoms with van der Waals surface area (Å²) in [4.78, 5) is 12.1. The quantitative estimate of drug-likeness (QED) is 0.465. The van der Waals surface area contributed by atoms with Crippen LogP contribution in [0.1, 0.15) is 100 Å². The molecule has 22 heavy (non-hydrogen) atoms. The molecule has 1 N–H and O–H groups in total. The summed E-state index contributed by atoms with van der Waals surface area (Å²) in [5.74, 6) is -0.474. The van der Waals surface area contributed by atoms with Crippen LogP contribution in [0.2, 0.25) is 0 Å². The van der Waals surface area contributed by atoms with Crippen LogP contribution in [-0.4, -0.2) is 11.1 Å². The monoisotopic (exact) mass is 312 g/mol. The molecule has 0 aliphatic rings. The average Bonchev–Trinajstić information content (AvgIpc) is 2.34. The van der Waals surface area contributed by atoms with Crippen LogP contribution in [0.3, 0.4) is 0 Å². The first kappa shape index (κ1) is 21.5. The standard InChI is InChI=1S/C20H40O2/c1-9-10-11-12-13-14-19(6,7)20(8,17(21)22)16(2)15-18(3,4)5/h16H,9-15H2,1-8H3,(H,21,22). The Hall–Kier alpha value is -0.530. The first-order valence-corrected chi connectivity index (χ1v) is 9.12. The van der Waals surface area contributed by atoms with Gasteiger partial charge in [-0.15, -0.1) is 0 Å². The molecule has 0 heterocycles. The predicted molar refractivity (Wildman–Crippen MR) is 96.1 cm³/mol. The normalized spacial score (nSPS) is 17.1. The molecule has 2 unspecified atom stereocenters. The number of rotatable bonds is 10. The van der Waals surface area contributed by atoms with Gasteiger partial charge >= 0.3 is 5.97 Å². The van der Waals surface area contributed by atoms with Crippen LogP contribution in [0.5, 0.6) is 0 Å². The Bertz CT molecular complexity index is 338. The Balaban J connectivity index is 4.98. The summed E-state index contributed by atoms with van der Waals surface area (Å²) in [6.45, 7) is 17.2. The van der Waals surface area contributed by atoms with Gasteiger partial charge in [-0.1, -0.05) is 80.6 Å². The van der Waals surface area contributed by atoms with E-state index in [1.54, 1.807) is 0 Å². The van der Waals surface area contributed by atoms with Gasteiger partial charge in [0.15, 0.2) is 0 Å². The molecule has 2 heteroatoms. The number of carboxylic acid groups (broad SMARTS) is 1. The topological polar surface area (TPSA) is 37.3 Å². The van der Waals surface area contributed by atoms with Crippen LogP contribution in [-0.2, 0) is 4.79 Å². The van der Waals surface area contributed by atoms with Crippen molar-refractivity contribution in [1.29, 1.82) is 0 Å². The summed E-state index contributed by atoms with van der Waals surface area (Å²) in [6, 6.07) is 0. The van der Waals surface area contributed by atoms with Crippen molar-refractivity contribution in [3.05, 3.63) is 0 Å². The van der Waals surface area contributed by atoms with Crippen molar-refractivity contribution in [2.24, 2.45) is 22.2 Å². The van der Waals surface area contributed by atoms with Crippen LogP contribution >= 0.6 is 0 Å². The van der Waals surface area contributed by atoms with Crippen LogP contribution < -0.4 is 0 Å². The lowest BCUT2D eigenvalue weighted by Gasteiger charge is -2.47. The molecule has 0 rings (SSSR count). The fourth-order valence-corrected chi connectivity index (χ4v) is 3.72. The third-order valence-corrected chi connectivity index (χ3v) is 5.66. The molecule has 0 fully saturated rings. The van der Waals surface area contributed by atoms with Gasteiger partial charge in [0.25, 0.3) is 0 Å². The molecule has 2 atom stereocenters. The van der Waals surface area contributed by atoms with Crippen LogP contribution in [0, 0.1) is 22.2 Å². The van der Waals surface area contributed by atoms with E-state index in [0.29, 0.717) is 0 Å². The molecular formula is C20H40O2. The van der Waals surface area contributed by atoms with Crippen molar-refractivity contribution in [2.45, 2.75) is 100 Å². The number of carboxylic acids is 1. The summed E-state index contributed by atoms with van der Waals surface area (Å²) >= 11 is 0. The molecule has 0 amide bonds. The van der Waals surface area contributed by atoms with E-state index in [9.17, 15) is 9.90 Å². The van der Waals surface area contributed by atoms with E-state index in [1.807, 2.05) is 6.92 Å². The van der Waals surface area contributed by atoms with Crippen molar-refractivity contribution >= 4 is 5.97 Å². The molecule has 0 aliphatic heterocycles. The van der Waals surface area contributed by atoms with Gasteiger partial charge in [-0.3, -0.25) is 4.79 Å². The minimum atomic E-state index is -0.676. The van der Waals surface area contributed by atoms with E-state index < -0.39 is 11.4 Å². The molecule has 0 saturated heterocycles. The van der Waals surface area contributed by atoms with Gasteiger partial charge in [-0.25, -0.2) is 0 Å². The van der Waals surface area contributed by atoms with E-state index in [1.165, 1.54) is 25.7 Å². The highest BCUT2D eigenvalue weighted by Crippen LogP contribution is 2.51. The smallest absolute Gasteiger partial charge is 0.310 e. The summed E-state index contributed by atoms with van der Waals surface area (Å²) in [6.07, 6.45) is 8.10. The minimum Gasteiger partial charge on any atom is -0.481 e. The highest BCUT2D eigenvalue weighted by Gasteiger charge is 2.51. The molecule has 0 aromatic heterocycles. The zero-order chi connectivity index (χ0) is 17.6. The van der Waals surface area contributed by atoms with Crippen LogP contribution in [0.15, 0.2) is 0 Å². The van der Waals surface area contributed by atoms with Crippen molar-refractivity contribution in [3.8, 4) is 0 Å². The van der Waals surface area contributed by atoms with E-state index in [0.717, 1.165) is 19.3 Å². The molecule has 0 bridgehead atoms. The first-order valence-electron chi connectivity index (χ1n) is 9.12. The summed E-state index contributed by atoms with van der Waals surface area (Å²) in [7, 11) is 0. The zero-order valence-electron chi connectivity index (χ0n) is 16.4. The van der Waals surface area contributed by atoms with Crippen molar-refractivity contribution in [3.63, 3.8) is 0 Å². The zero-order valence-corrected chi connectivity index (χ0v) is 16.4. The predicted octanol–water partition coefficient (Wildman–Crippen LogP) is 6.54. The molecule has 0 spiro atoms. The number of hydrogen-bond donors (Lipinski definition) is 1. The number of unbranched alkanes of at least 4 members (excludes halogenated alkanes) is 4. The Kier molecular flexibility index (Phi) is 8.16. The molecule has 132 valence electrons. The number of hydrogen-bond acceptors (Lipinski definition) is 1. The van der Waals surface area contributed by atoms with E-state index in [2.05, 4.69) is 48.5 Å². The maximum atomic E-state index is 12.1. The van der Waals surface area contributed by atoms with Crippen LogP contribution in [0.4, 0.5) is 0 Å². The largest absolute Gasteiger partial charge is 0.481 e. The van der Waals surface area contributed by atoms with E-state index in [4.69, 9.17) is 0 Å². The van der Waals surface area contributed by atoms with Gasteiger partial charge in [-0.2, -0.15) is 0 Å². The minimum absolute atomic E-state index is 0.160. The second kappa shape index (κ2) is 8.36. The fourth-order valence-electron chi connectivity index (χ4n) is 3.72. The summed E-state index contributed by atoms with van der Waals surface area (Å²) in [5, 5.41) is 9.98. The van der Waals surface area contributed by atoms with Gasteiger partial charge < -0.3 is 5.11 Å². The molecule has 0 aromatic rings. The van der Waals surface area contributed by atoms with Gasteiger partial charge in [-0.05, 0) is 36.5 Å². The number of aliphatic carboxylic acids is 1. The highest BCUT2D eigenvalue weighted by molar-refractivity contribution is 5.75. The molecule has 2 nitrogen and oxygen atoms in total.